The molecule has 0 aliphatic heterocycles. The van der Waals surface area contributed by atoms with Crippen LogP contribution in [0.25, 0.3) is 0 Å². The molecule has 1 aromatic carbocycles. The van der Waals surface area contributed by atoms with E-state index in [0.717, 1.165) is 17.3 Å². The summed E-state index contributed by atoms with van der Waals surface area (Å²) in [6, 6.07) is 9.11. The van der Waals surface area contributed by atoms with Crippen molar-refractivity contribution in [3.63, 3.8) is 0 Å². The SMILES string of the molecule is COc1ccccc1CC(C)N(C)C(=S)NC1CC1. The Labute approximate surface area is 120 Å². The molecule has 1 fully saturated rings. The predicted octanol–water partition coefficient (Wildman–Crippen LogP) is 2.59. The minimum Gasteiger partial charge on any atom is -0.496 e. The van der Waals surface area contributed by atoms with Gasteiger partial charge in [0.2, 0.25) is 0 Å². The van der Waals surface area contributed by atoms with Gasteiger partial charge in [-0.25, -0.2) is 0 Å². The Hall–Kier alpha value is -1.29. The molecule has 1 atom stereocenters. The van der Waals surface area contributed by atoms with E-state index in [1.807, 2.05) is 18.2 Å². The largest absolute Gasteiger partial charge is 0.496 e. The van der Waals surface area contributed by atoms with Crippen molar-refractivity contribution >= 4 is 17.3 Å². The average Bonchev–Trinajstić information content (AvgIpc) is 3.22. The van der Waals surface area contributed by atoms with Crippen LogP contribution in [-0.4, -0.2) is 36.3 Å². The standard InChI is InChI=1S/C15H22N2OS/c1-11(17(2)15(19)16-13-8-9-13)10-12-6-4-5-7-14(12)18-3/h4-7,11,13H,8-10H2,1-3H3,(H,16,19). The van der Waals surface area contributed by atoms with Gasteiger partial charge in [0.25, 0.3) is 0 Å². The molecule has 1 saturated carbocycles. The molecule has 2 rings (SSSR count). The highest BCUT2D eigenvalue weighted by molar-refractivity contribution is 7.80. The zero-order valence-electron chi connectivity index (χ0n) is 11.8. The second-order valence-corrected chi connectivity index (χ2v) is 5.59. The highest BCUT2D eigenvalue weighted by Crippen LogP contribution is 2.21. The van der Waals surface area contributed by atoms with Gasteiger partial charge in [-0.15, -0.1) is 0 Å². The van der Waals surface area contributed by atoms with Gasteiger partial charge in [-0.2, -0.15) is 0 Å². The fourth-order valence-electron chi connectivity index (χ4n) is 2.03. The van der Waals surface area contributed by atoms with Crippen LogP contribution >= 0.6 is 12.2 Å². The van der Waals surface area contributed by atoms with Gasteiger partial charge in [0.05, 0.1) is 7.11 Å². The van der Waals surface area contributed by atoms with Crippen LogP contribution in [0.2, 0.25) is 0 Å². The average molecular weight is 278 g/mol. The summed E-state index contributed by atoms with van der Waals surface area (Å²) in [7, 11) is 3.77. The van der Waals surface area contributed by atoms with Gasteiger partial charge in [-0.1, -0.05) is 18.2 Å². The molecule has 0 heterocycles. The lowest BCUT2D eigenvalue weighted by Crippen LogP contribution is -2.43. The molecule has 1 N–H and O–H groups in total. The molecule has 0 spiro atoms. The minimum atomic E-state index is 0.343. The number of nitrogens with one attached hydrogen (secondary N) is 1. The number of nitrogens with zero attached hydrogens (tertiary/aromatic N) is 1. The number of rotatable bonds is 5. The molecule has 19 heavy (non-hydrogen) atoms. The smallest absolute Gasteiger partial charge is 0.169 e. The quantitative estimate of drug-likeness (QED) is 0.837. The van der Waals surface area contributed by atoms with Crippen molar-refractivity contribution in [3.05, 3.63) is 29.8 Å². The lowest BCUT2D eigenvalue weighted by atomic mass is 10.1. The number of thiocarbonyl (C=S) groups is 1. The molecule has 1 aromatic rings. The van der Waals surface area contributed by atoms with Crippen LogP contribution in [-0.2, 0) is 6.42 Å². The number of likely N-dealkylation sites (N-methyl/N-ethyl adjacent to an activating group) is 1. The minimum absolute atomic E-state index is 0.343. The molecule has 4 heteroatoms. The number of ether oxygens (including phenoxy) is 1. The number of benzene rings is 1. The first-order valence-electron chi connectivity index (χ1n) is 6.77. The van der Waals surface area contributed by atoms with Crippen molar-refractivity contribution in [1.82, 2.24) is 10.2 Å². The Morgan fingerprint density at radius 1 is 1.47 bits per heavy atom. The maximum Gasteiger partial charge on any atom is 0.169 e. The first-order chi connectivity index (χ1) is 9.11. The van der Waals surface area contributed by atoms with Crippen LogP contribution in [0.1, 0.15) is 25.3 Å². The van der Waals surface area contributed by atoms with Gasteiger partial charge in [0.15, 0.2) is 5.11 Å². The normalized spacial score (nSPS) is 15.7. The monoisotopic (exact) mass is 278 g/mol. The first-order valence-corrected chi connectivity index (χ1v) is 7.18. The Morgan fingerprint density at radius 2 is 2.16 bits per heavy atom. The molecule has 1 aliphatic rings. The summed E-state index contributed by atoms with van der Waals surface area (Å²) in [5.74, 6) is 0.948. The topological polar surface area (TPSA) is 24.5 Å². The van der Waals surface area contributed by atoms with Crippen LogP contribution in [0.5, 0.6) is 5.75 Å². The number of para-hydroxylation sites is 1. The van der Waals surface area contributed by atoms with E-state index in [4.69, 9.17) is 17.0 Å². The maximum atomic E-state index is 5.43. The molecule has 0 radical (unpaired) electrons. The summed E-state index contributed by atoms with van der Waals surface area (Å²) in [4.78, 5) is 2.14. The predicted molar refractivity (Wildman–Crippen MR) is 82.7 cm³/mol. The fourth-order valence-corrected chi connectivity index (χ4v) is 2.38. The van der Waals surface area contributed by atoms with Crippen molar-refractivity contribution in [3.8, 4) is 5.75 Å². The van der Waals surface area contributed by atoms with E-state index < -0.39 is 0 Å². The molecule has 0 amide bonds. The van der Waals surface area contributed by atoms with Crippen LogP contribution in [0.4, 0.5) is 0 Å². The molecule has 0 aromatic heterocycles. The van der Waals surface area contributed by atoms with Gasteiger partial charge in [-0.3, -0.25) is 0 Å². The summed E-state index contributed by atoms with van der Waals surface area (Å²) >= 11 is 5.43. The van der Waals surface area contributed by atoms with Crippen LogP contribution < -0.4 is 10.1 Å². The van der Waals surface area contributed by atoms with Crippen molar-refractivity contribution in [2.45, 2.75) is 38.3 Å². The molecule has 0 saturated heterocycles. The first kappa shape index (κ1) is 14.1. The van der Waals surface area contributed by atoms with Crippen LogP contribution in [0, 0.1) is 0 Å². The summed E-state index contributed by atoms with van der Waals surface area (Å²) < 4.78 is 5.39. The molecule has 0 bridgehead atoms. The van der Waals surface area contributed by atoms with Gasteiger partial charge in [0, 0.05) is 19.1 Å². The Morgan fingerprint density at radius 3 is 2.79 bits per heavy atom. The Kier molecular flexibility index (Phi) is 4.64. The van der Waals surface area contributed by atoms with E-state index >= 15 is 0 Å². The van der Waals surface area contributed by atoms with E-state index in [2.05, 4.69) is 30.3 Å². The lowest BCUT2D eigenvalue weighted by molar-refractivity contribution is 0.369. The van der Waals surface area contributed by atoms with E-state index in [1.54, 1.807) is 7.11 Å². The zero-order valence-corrected chi connectivity index (χ0v) is 12.7. The van der Waals surface area contributed by atoms with Crippen LogP contribution in [0.3, 0.4) is 0 Å². The van der Waals surface area contributed by atoms with Crippen LogP contribution in [0.15, 0.2) is 24.3 Å². The number of hydrogen-bond donors (Lipinski definition) is 1. The molecule has 3 nitrogen and oxygen atoms in total. The Balaban J connectivity index is 1.95. The summed E-state index contributed by atoms with van der Waals surface area (Å²) in [6.07, 6.45) is 3.41. The molecular formula is C15H22N2OS. The van der Waals surface area contributed by atoms with Crippen molar-refractivity contribution in [2.75, 3.05) is 14.2 Å². The molecule has 1 unspecified atom stereocenters. The van der Waals surface area contributed by atoms with Crippen molar-refractivity contribution in [1.29, 1.82) is 0 Å². The van der Waals surface area contributed by atoms with Gasteiger partial charge >= 0.3 is 0 Å². The van der Waals surface area contributed by atoms with Crippen molar-refractivity contribution in [2.24, 2.45) is 0 Å². The highest BCUT2D eigenvalue weighted by atomic mass is 32.1. The third-order valence-electron chi connectivity index (χ3n) is 3.59. The second-order valence-electron chi connectivity index (χ2n) is 5.20. The van der Waals surface area contributed by atoms with Gasteiger partial charge in [0.1, 0.15) is 5.75 Å². The van der Waals surface area contributed by atoms with Gasteiger partial charge < -0.3 is 15.0 Å². The van der Waals surface area contributed by atoms with E-state index in [1.165, 1.54) is 18.4 Å². The zero-order chi connectivity index (χ0) is 13.8. The molecule has 1 aliphatic carbocycles. The fraction of sp³-hybridized carbons (Fsp3) is 0.533. The third kappa shape index (κ3) is 3.83. The van der Waals surface area contributed by atoms with E-state index in [9.17, 15) is 0 Å². The van der Waals surface area contributed by atoms with E-state index in [-0.39, 0.29) is 0 Å². The van der Waals surface area contributed by atoms with E-state index in [0.29, 0.717) is 12.1 Å². The number of methoxy groups -OCH3 is 1. The molecular weight excluding hydrogens is 256 g/mol. The second kappa shape index (κ2) is 6.24. The Bertz CT molecular complexity index is 446. The highest BCUT2D eigenvalue weighted by Gasteiger charge is 2.24. The molecule has 104 valence electrons. The third-order valence-corrected chi connectivity index (χ3v) is 4.00. The summed E-state index contributed by atoms with van der Waals surface area (Å²) in [5, 5.41) is 4.23. The summed E-state index contributed by atoms with van der Waals surface area (Å²) in [5.41, 5.74) is 1.22. The van der Waals surface area contributed by atoms with Gasteiger partial charge in [-0.05, 0) is 50.0 Å². The lowest BCUT2D eigenvalue weighted by Gasteiger charge is -2.28. The van der Waals surface area contributed by atoms with Crippen molar-refractivity contribution < 1.29 is 4.74 Å². The number of hydrogen-bond acceptors (Lipinski definition) is 2. The maximum absolute atomic E-state index is 5.43. The summed E-state index contributed by atoms with van der Waals surface area (Å²) in [6.45, 7) is 2.19.